The van der Waals surface area contributed by atoms with Gasteiger partial charge in [-0.3, -0.25) is 0 Å². The van der Waals surface area contributed by atoms with Crippen molar-refractivity contribution in [1.29, 1.82) is 0 Å². The minimum Gasteiger partial charge on any atom is -0.396 e. The summed E-state index contributed by atoms with van der Waals surface area (Å²) in [5, 5.41) is 8.36. The summed E-state index contributed by atoms with van der Waals surface area (Å²) in [6.07, 6.45) is -4.14. The molecule has 0 amide bonds. The predicted molar refractivity (Wildman–Crippen MR) is 68.0 cm³/mol. The number of aliphatic hydroxyl groups is 1. The van der Waals surface area contributed by atoms with Gasteiger partial charge in [-0.15, -0.1) is 0 Å². The van der Waals surface area contributed by atoms with E-state index in [9.17, 15) is 21.6 Å². The van der Waals surface area contributed by atoms with Crippen LogP contribution in [0.25, 0.3) is 0 Å². The Balaban J connectivity index is 3.06. The fourth-order valence-electron chi connectivity index (χ4n) is 1.48. The molecule has 1 aromatic rings. The highest BCUT2D eigenvalue weighted by molar-refractivity contribution is 7.89. The number of rotatable bonds is 6. The fraction of sp³-hybridized carbons (Fsp3) is 0.455. The third kappa shape index (κ3) is 4.62. The van der Waals surface area contributed by atoms with Gasteiger partial charge in [-0.2, -0.15) is 13.2 Å². The molecule has 0 fully saturated rings. The minimum atomic E-state index is -4.82. The van der Waals surface area contributed by atoms with Crippen molar-refractivity contribution in [2.24, 2.45) is 0 Å². The van der Waals surface area contributed by atoms with E-state index in [2.05, 4.69) is 4.72 Å². The Morgan fingerprint density at radius 2 is 1.90 bits per heavy atom. The Kier molecular flexibility index (Phi) is 5.81. The molecule has 114 valence electrons. The maximum Gasteiger partial charge on any atom is 0.417 e. The molecule has 0 saturated heterocycles. The number of hydrogen-bond donors (Lipinski definition) is 2. The van der Waals surface area contributed by atoms with Crippen LogP contribution in [-0.2, 0) is 16.2 Å². The monoisotopic (exact) mass is 331 g/mol. The summed E-state index contributed by atoms with van der Waals surface area (Å²) in [4.78, 5) is -0.863. The van der Waals surface area contributed by atoms with Crippen molar-refractivity contribution in [2.75, 3.05) is 13.2 Å². The van der Waals surface area contributed by atoms with E-state index in [1.807, 2.05) is 0 Å². The first-order chi connectivity index (χ1) is 9.18. The maximum atomic E-state index is 12.8. The van der Waals surface area contributed by atoms with Gasteiger partial charge in [0.25, 0.3) is 0 Å². The Bertz CT molecular complexity index is 561. The summed E-state index contributed by atoms with van der Waals surface area (Å²) < 4.78 is 64.2. The molecule has 0 radical (unpaired) electrons. The number of unbranched alkanes of at least 4 members (excludes halogenated alkanes) is 1. The number of nitrogens with one attached hydrogen (secondary N) is 1. The van der Waals surface area contributed by atoms with Gasteiger partial charge in [-0.05, 0) is 31.0 Å². The van der Waals surface area contributed by atoms with Crippen LogP contribution in [0.3, 0.4) is 0 Å². The van der Waals surface area contributed by atoms with Gasteiger partial charge in [0.1, 0.15) is 0 Å². The molecule has 20 heavy (non-hydrogen) atoms. The molecule has 4 nitrogen and oxygen atoms in total. The fourth-order valence-corrected chi connectivity index (χ4v) is 2.93. The van der Waals surface area contributed by atoms with Crippen molar-refractivity contribution >= 4 is 21.6 Å². The van der Waals surface area contributed by atoms with Crippen LogP contribution in [-0.4, -0.2) is 26.7 Å². The number of hydrogen-bond acceptors (Lipinski definition) is 3. The van der Waals surface area contributed by atoms with E-state index in [1.54, 1.807) is 0 Å². The van der Waals surface area contributed by atoms with Crippen LogP contribution in [0.5, 0.6) is 0 Å². The van der Waals surface area contributed by atoms with Crippen LogP contribution >= 0.6 is 11.6 Å². The molecule has 1 aromatic carbocycles. The van der Waals surface area contributed by atoms with E-state index in [4.69, 9.17) is 16.7 Å². The first kappa shape index (κ1) is 17.2. The normalized spacial score (nSPS) is 12.7. The molecule has 0 spiro atoms. The van der Waals surface area contributed by atoms with E-state index in [-0.39, 0.29) is 18.2 Å². The van der Waals surface area contributed by atoms with Gasteiger partial charge in [-0.25, -0.2) is 13.1 Å². The summed E-state index contributed by atoms with van der Waals surface area (Å²) in [5.41, 5.74) is -1.31. The lowest BCUT2D eigenvalue weighted by Gasteiger charge is -2.14. The molecule has 0 bridgehead atoms. The summed E-state index contributed by atoms with van der Waals surface area (Å²) in [6, 6.07) is 2.47. The first-order valence-electron chi connectivity index (χ1n) is 5.66. The SMILES string of the molecule is O=S(=O)(NCCCCO)c1ccc(Cl)cc1C(F)(F)F. The molecule has 1 rings (SSSR count). The Morgan fingerprint density at radius 1 is 1.25 bits per heavy atom. The van der Waals surface area contributed by atoms with Crippen LogP contribution in [0.1, 0.15) is 18.4 Å². The summed E-state index contributed by atoms with van der Waals surface area (Å²) in [5.74, 6) is 0. The smallest absolute Gasteiger partial charge is 0.396 e. The zero-order valence-electron chi connectivity index (χ0n) is 10.2. The number of aliphatic hydroxyl groups excluding tert-OH is 1. The van der Waals surface area contributed by atoms with Crippen molar-refractivity contribution in [1.82, 2.24) is 4.72 Å². The Hall–Kier alpha value is -0.830. The van der Waals surface area contributed by atoms with Gasteiger partial charge in [0.05, 0.1) is 10.5 Å². The average Bonchev–Trinajstić information content (AvgIpc) is 2.33. The summed E-state index contributed by atoms with van der Waals surface area (Å²) in [7, 11) is -4.28. The second-order valence-corrected chi connectivity index (χ2v) is 6.14. The van der Waals surface area contributed by atoms with Crippen molar-refractivity contribution < 1.29 is 26.7 Å². The van der Waals surface area contributed by atoms with Crippen LogP contribution in [0.15, 0.2) is 23.1 Å². The van der Waals surface area contributed by atoms with E-state index in [0.29, 0.717) is 18.9 Å². The minimum absolute atomic E-state index is 0.0528. The van der Waals surface area contributed by atoms with E-state index < -0.39 is 26.7 Å². The van der Waals surface area contributed by atoms with Crippen molar-refractivity contribution in [3.8, 4) is 0 Å². The molecular formula is C11H13ClF3NO3S. The van der Waals surface area contributed by atoms with Crippen LogP contribution < -0.4 is 4.72 Å². The Labute approximate surface area is 119 Å². The molecule has 0 aromatic heterocycles. The average molecular weight is 332 g/mol. The second-order valence-electron chi connectivity index (χ2n) is 3.97. The standard InChI is InChI=1S/C11H13ClF3NO3S/c12-8-3-4-10(9(7-8)11(13,14)15)20(18,19)16-5-1-2-6-17/h3-4,7,16-17H,1-2,5-6H2. The van der Waals surface area contributed by atoms with Gasteiger partial charge in [-0.1, -0.05) is 11.6 Å². The lowest BCUT2D eigenvalue weighted by Crippen LogP contribution is -2.27. The van der Waals surface area contributed by atoms with Gasteiger partial charge in [0.15, 0.2) is 0 Å². The highest BCUT2D eigenvalue weighted by Gasteiger charge is 2.37. The lowest BCUT2D eigenvalue weighted by atomic mass is 10.2. The molecule has 0 heterocycles. The highest BCUT2D eigenvalue weighted by atomic mass is 35.5. The highest BCUT2D eigenvalue weighted by Crippen LogP contribution is 2.35. The Morgan fingerprint density at radius 3 is 2.45 bits per heavy atom. The topological polar surface area (TPSA) is 66.4 Å². The summed E-state index contributed by atoms with van der Waals surface area (Å²) >= 11 is 5.48. The molecule has 0 aliphatic heterocycles. The quantitative estimate of drug-likeness (QED) is 0.787. The number of halogens is 4. The van der Waals surface area contributed by atoms with Crippen molar-refractivity contribution in [3.05, 3.63) is 28.8 Å². The van der Waals surface area contributed by atoms with Gasteiger partial charge < -0.3 is 5.11 Å². The maximum absolute atomic E-state index is 12.8. The predicted octanol–water partition coefficient (Wildman–Crippen LogP) is 2.41. The zero-order valence-corrected chi connectivity index (χ0v) is 11.8. The van der Waals surface area contributed by atoms with Gasteiger partial charge >= 0.3 is 6.18 Å². The van der Waals surface area contributed by atoms with E-state index >= 15 is 0 Å². The van der Waals surface area contributed by atoms with Crippen LogP contribution in [0.2, 0.25) is 5.02 Å². The second kappa shape index (κ2) is 6.75. The number of benzene rings is 1. The molecule has 0 aliphatic rings. The largest absolute Gasteiger partial charge is 0.417 e. The number of sulfonamides is 1. The van der Waals surface area contributed by atoms with Gasteiger partial charge in [0.2, 0.25) is 10.0 Å². The zero-order chi connectivity index (χ0) is 15.4. The number of alkyl halides is 3. The van der Waals surface area contributed by atoms with E-state index in [1.165, 1.54) is 0 Å². The molecule has 9 heteroatoms. The van der Waals surface area contributed by atoms with Crippen molar-refractivity contribution in [3.63, 3.8) is 0 Å². The molecule has 0 unspecified atom stereocenters. The van der Waals surface area contributed by atoms with Gasteiger partial charge in [0, 0.05) is 18.2 Å². The summed E-state index contributed by atoms with van der Waals surface area (Å²) in [6.45, 7) is -0.167. The molecule has 0 atom stereocenters. The lowest BCUT2D eigenvalue weighted by molar-refractivity contribution is -0.139. The molecule has 2 N–H and O–H groups in total. The third-order valence-electron chi connectivity index (χ3n) is 2.41. The van der Waals surface area contributed by atoms with Crippen molar-refractivity contribution in [2.45, 2.75) is 23.9 Å². The molecule has 0 saturated carbocycles. The van der Waals surface area contributed by atoms with E-state index in [0.717, 1.165) is 12.1 Å². The first-order valence-corrected chi connectivity index (χ1v) is 7.52. The third-order valence-corrected chi connectivity index (χ3v) is 4.17. The van der Waals surface area contributed by atoms with Crippen LogP contribution in [0.4, 0.5) is 13.2 Å². The molecular weight excluding hydrogens is 319 g/mol. The molecule has 0 aliphatic carbocycles. The van der Waals surface area contributed by atoms with Crippen LogP contribution in [0, 0.1) is 0 Å².